The molecule has 2 atom stereocenters. The van der Waals surface area contributed by atoms with Crippen LogP contribution in [0, 0.1) is 0 Å². The van der Waals surface area contributed by atoms with E-state index in [1.165, 1.54) is 17.0 Å². The Hall–Kier alpha value is -2.25. The summed E-state index contributed by atoms with van der Waals surface area (Å²) in [7, 11) is 3.27. The van der Waals surface area contributed by atoms with Gasteiger partial charge in [0, 0.05) is 32.6 Å². The summed E-state index contributed by atoms with van der Waals surface area (Å²) in [6.07, 6.45) is -4.40. The number of carbonyl (C=O) groups is 1. The average molecular weight is 372 g/mol. The number of benzene rings is 1. The first-order valence-corrected chi connectivity index (χ1v) is 8.49. The number of likely N-dealkylation sites (N-methyl/N-ethyl adjacent to an activating group) is 1. The van der Waals surface area contributed by atoms with Crippen LogP contribution in [0.4, 0.5) is 13.2 Å². The van der Waals surface area contributed by atoms with Crippen molar-refractivity contribution in [2.45, 2.75) is 38.9 Å². The predicted molar refractivity (Wildman–Crippen MR) is 97.1 cm³/mol. The molecule has 0 aliphatic rings. The van der Waals surface area contributed by atoms with Crippen molar-refractivity contribution in [2.24, 2.45) is 4.99 Å². The molecule has 0 spiro atoms. The highest BCUT2D eigenvalue weighted by molar-refractivity contribution is 5.84. The van der Waals surface area contributed by atoms with E-state index in [1.807, 2.05) is 6.92 Å². The van der Waals surface area contributed by atoms with Gasteiger partial charge >= 0.3 is 6.18 Å². The summed E-state index contributed by atoms with van der Waals surface area (Å²) in [5.74, 6) is -0.182. The largest absolute Gasteiger partial charge is 0.416 e. The minimum atomic E-state index is -4.40. The number of nitrogens with one attached hydrogen (secondary N) is 2. The zero-order chi connectivity index (χ0) is 19.9. The summed E-state index contributed by atoms with van der Waals surface area (Å²) in [4.78, 5) is 17.3. The van der Waals surface area contributed by atoms with Crippen molar-refractivity contribution >= 4 is 11.9 Å². The van der Waals surface area contributed by atoms with Crippen molar-refractivity contribution in [1.29, 1.82) is 0 Å². The van der Waals surface area contributed by atoms with Crippen LogP contribution in [0.3, 0.4) is 0 Å². The lowest BCUT2D eigenvalue weighted by Crippen LogP contribution is -2.45. The number of carbonyl (C=O) groups excluding carboxylic acids is 1. The summed E-state index contributed by atoms with van der Waals surface area (Å²) in [5, 5.41) is 6.09. The van der Waals surface area contributed by atoms with E-state index in [2.05, 4.69) is 15.6 Å². The Morgan fingerprint density at radius 2 is 1.85 bits per heavy atom. The molecule has 0 heterocycles. The number of halogens is 3. The molecule has 26 heavy (non-hydrogen) atoms. The van der Waals surface area contributed by atoms with Crippen LogP contribution in [0.1, 0.15) is 37.8 Å². The van der Waals surface area contributed by atoms with E-state index in [1.54, 1.807) is 34.0 Å². The lowest BCUT2D eigenvalue weighted by atomic mass is 9.90. The molecule has 0 saturated carbocycles. The van der Waals surface area contributed by atoms with Crippen molar-refractivity contribution in [2.75, 3.05) is 27.2 Å². The van der Waals surface area contributed by atoms with Crippen LogP contribution in [-0.2, 0) is 11.0 Å². The van der Waals surface area contributed by atoms with Crippen molar-refractivity contribution in [1.82, 2.24) is 15.5 Å². The fourth-order valence-corrected chi connectivity index (χ4v) is 2.37. The van der Waals surface area contributed by atoms with Gasteiger partial charge in [-0.1, -0.05) is 25.1 Å². The number of alkyl halides is 3. The van der Waals surface area contributed by atoms with Gasteiger partial charge in [0.25, 0.3) is 0 Å². The Balaban J connectivity index is 2.95. The molecule has 0 fully saturated rings. The fraction of sp³-hybridized carbons (Fsp3) is 0.556. The molecule has 1 aromatic rings. The lowest BCUT2D eigenvalue weighted by Gasteiger charge is -2.26. The van der Waals surface area contributed by atoms with Crippen LogP contribution >= 0.6 is 0 Å². The molecule has 2 N–H and O–H groups in total. The summed E-state index contributed by atoms with van der Waals surface area (Å²) >= 11 is 0. The molecule has 2 unspecified atom stereocenters. The molecule has 0 saturated heterocycles. The highest BCUT2D eigenvalue weighted by Gasteiger charge is 2.35. The van der Waals surface area contributed by atoms with Gasteiger partial charge < -0.3 is 15.5 Å². The van der Waals surface area contributed by atoms with E-state index in [-0.39, 0.29) is 24.1 Å². The zero-order valence-corrected chi connectivity index (χ0v) is 15.8. The van der Waals surface area contributed by atoms with E-state index in [9.17, 15) is 18.0 Å². The number of nitrogens with zero attached hydrogens (tertiary/aromatic N) is 2. The normalized spacial score (nSPS) is 14.5. The third kappa shape index (κ3) is 6.24. The minimum Gasteiger partial charge on any atom is -0.357 e. The summed E-state index contributed by atoms with van der Waals surface area (Å²) in [5.41, 5.74) is -0.411. The van der Waals surface area contributed by atoms with Crippen molar-refractivity contribution in [3.63, 3.8) is 0 Å². The fourth-order valence-electron chi connectivity index (χ4n) is 2.37. The van der Waals surface area contributed by atoms with Gasteiger partial charge in [0.1, 0.15) is 6.54 Å². The van der Waals surface area contributed by atoms with E-state index in [0.29, 0.717) is 12.5 Å². The topological polar surface area (TPSA) is 56.7 Å². The Kier molecular flexibility index (Phi) is 7.92. The average Bonchev–Trinajstić information content (AvgIpc) is 2.57. The second-order valence-corrected chi connectivity index (χ2v) is 6.29. The quantitative estimate of drug-likeness (QED) is 0.596. The Labute approximate surface area is 152 Å². The number of guanidine groups is 1. The number of amides is 1. The number of hydrogen-bond donors (Lipinski definition) is 2. The van der Waals surface area contributed by atoms with E-state index >= 15 is 0 Å². The van der Waals surface area contributed by atoms with Crippen LogP contribution in [0.5, 0.6) is 0 Å². The highest BCUT2D eigenvalue weighted by atomic mass is 19.4. The van der Waals surface area contributed by atoms with Gasteiger partial charge in [-0.2, -0.15) is 13.2 Å². The number of aliphatic imine (C=N–C) groups is 1. The maximum absolute atomic E-state index is 13.2. The number of hydrogen-bond acceptors (Lipinski definition) is 2. The molecule has 1 amide bonds. The molecule has 5 nitrogen and oxygen atoms in total. The van der Waals surface area contributed by atoms with Gasteiger partial charge in [0.2, 0.25) is 5.91 Å². The molecule has 8 heteroatoms. The van der Waals surface area contributed by atoms with E-state index in [0.717, 1.165) is 6.07 Å². The summed E-state index contributed by atoms with van der Waals surface area (Å²) in [6, 6.07) is 5.24. The molecule has 1 aromatic carbocycles. The summed E-state index contributed by atoms with van der Waals surface area (Å²) < 4.78 is 39.7. The zero-order valence-electron chi connectivity index (χ0n) is 15.8. The number of rotatable bonds is 6. The maximum atomic E-state index is 13.2. The smallest absolute Gasteiger partial charge is 0.357 e. The van der Waals surface area contributed by atoms with Crippen LogP contribution in [0.2, 0.25) is 0 Å². The maximum Gasteiger partial charge on any atom is 0.416 e. The van der Waals surface area contributed by atoms with E-state index in [4.69, 9.17) is 0 Å². The van der Waals surface area contributed by atoms with Gasteiger partial charge in [-0.25, -0.2) is 4.99 Å². The molecule has 146 valence electrons. The van der Waals surface area contributed by atoms with Crippen LogP contribution in [0.15, 0.2) is 29.3 Å². The Bertz CT molecular complexity index is 629. The highest BCUT2D eigenvalue weighted by Crippen LogP contribution is 2.35. The molecule has 0 bridgehead atoms. The Morgan fingerprint density at radius 1 is 1.23 bits per heavy atom. The van der Waals surface area contributed by atoms with Crippen molar-refractivity contribution < 1.29 is 18.0 Å². The molecular weight excluding hydrogens is 345 g/mol. The second-order valence-electron chi connectivity index (χ2n) is 6.29. The van der Waals surface area contributed by atoms with Crippen molar-refractivity contribution in [3.05, 3.63) is 35.4 Å². The van der Waals surface area contributed by atoms with Crippen LogP contribution in [0.25, 0.3) is 0 Å². The first-order valence-electron chi connectivity index (χ1n) is 8.49. The second kappa shape index (κ2) is 9.45. The van der Waals surface area contributed by atoms with Crippen molar-refractivity contribution in [3.8, 4) is 0 Å². The molecular formula is C18H27F3N4O. The van der Waals surface area contributed by atoms with Gasteiger partial charge in [-0.15, -0.1) is 0 Å². The van der Waals surface area contributed by atoms with Gasteiger partial charge in [0.05, 0.1) is 5.56 Å². The first kappa shape index (κ1) is 21.8. The lowest BCUT2D eigenvalue weighted by molar-refractivity contribution is -0.138. The molecule has 0 radical (unpaired) electrons. The Morgan fingerprint density at radius 3 is 2.38 bits per heavy atom. The molecule has 0 aromatic heterocycles. The monoisotopic (exact) mass is 372 g/mol. The van der Waals surface area contributed by atoms with Gasteiger partial charge in [-0.05, 0) is 25.5 Å². The van der Waals surface area contributed by atoms with Gasteiger partial charge in [-0.3, -0.25) is 4.79 Å². The molecule has 0 aliphatic carbocycles. The van der Waals surface area contributed by atoms with Crippen LogP contribution < -0.4 is 10.6 Å². The van der Waals surface area contributed by atoms with Gasteiger partial charge in [0.15, 0.2) is 5.96 Å². The third-order valence-electron chi connectivity index (χ3n) is 4.09. The molecule has 1 rings (SSSR count). The third-order valence-corrected chi connectivity index (χ3v) is 4.09. The standard InChI is InChI=1S/C18H27F3N4O/c1-6-22-17(23-11-16(26)25(4)5)24-13(3)12(2)14-9-7-8-10-15(14)18(19,20)21/h7-10,12-13H,6,11H2,1-5H3,(H2,22,23,24). The SMILES string of the molecule is CCNC(=NCC(=O)N(C)C)NC(C)C(C)c1ccccc1C(F)(F)F. The minimum absolute atomic E-state index is 0.0391. The van der Waals surface area contributed by atoms with E-state index < -0.39 is 17.7 Å². The summed E-state index contributed by atoms with van der Waals surface area (Å²) in [6.45, 7) is 5.93. The molecule has 0 aliphatic heterocycles. The first-order chi connectivity index (χ1) is 12.1. The predicted octanol–water partition coefficient (Wildman–Crippen LogP) is 2.84. The van der Waals surface area contributed by atoms with Crippen LogP contribution in [-0.4, -0.2) is 50.0 Å².